The van der Waals surface area contributed by atoms with Crippen molar-refractivity contribution in [1.82, 2.24) is 0 Å². The molecule has 0 aromatic heterocycles. The van der Waals surface area contributed by atoms with Crippen LogP contribution in [0.2, 0.25) is 0 Å². The van der Waals surface area contributed by atoms with E-state index < -0.39 is 28.1 Å². The molecule has 0 saturated heterocycles. The van der Waals surface area contributed by atoms with Crippen molar-refractivity contribution in [1.29, 1.82) is 0 Å². The average molecular weight is 416 g/mol. The van der Waals surface area contributed by atoms with E-state index in [1.807, 2.05) is 0 Å². The van der Waals surface area contributed by atoms with Gasteiger partial charge in [-0.1, -0.05) is 24.3 Å². The fourth-order valence-electron chi connectivity index (χ4n) is 2.47. The van der Waals surface area contributed by atoms with Gasteiger partial charge in [0.1, 0.15) is 0 Å². The number of aliphatic carboxylic acids is 1. The fraction of sp³-hybridized carbons (Fsp3) is 0.176. The molecule has 3 N–H and O–H groups in total. The Morgan fingerprint density at radius 2 is 1.64 bits per heavy atom. The first-order chi connectivity index (χ1) is 12.9. The van der Waals surface area contributed by atoms with Gasteiger partial charge < -0.3 is 10.8 Å². The lowest BCUT2D eigenvalue weighted by atomic mass is 10.1. The number of hydrogen-bond acceptors (Lipinski definition) is 4. The summed E-state index contributed by atoms with van der Waals surface area (Å²) in [6, 6.07) is 13.2. The molecule has 3 rings (SSSR count). The molecular weight excluding hydrogens is 401 g/mol. The number of carbonyl (C=O) groups is 2. The van der Waals surface area contributed by atoms with E-state index in [0.29, 0.717) is 24.2 Å². The van der Waals surface area contributed by atoms with Crippen molar-refractivity contribution in [2.75, 3.05) is 10.8 Å². The molecule has 11 heteroatoms. The number of sulfonamides is 1. The van der Waals surface area contributed by atoms with Gasteiger partial charge in [-0.2, -0.15) is 13.2 Å². The zero-order chi connectivity index (χ0) is 21.1. The fourth-order valence-corrected chi connectivity index (χ4v) is 3.99. The molecule has 0 atom stereocenters. The third kappa shape index (κ3) is 4.60. The van der Waals surface area contributed by atoms with Crippen molar-refractivity contribution in [2.45, 2.75) is 17.5 Å². The van der Waals surface area contributed by atoms with Crippen molar-refractivity contribution in [3.63, 3.8) is 0 Å². The Morgan fingerprint density at radius 3 is 2.14 bits per heavy atom. The Morgan fingerprint density at radius 1 is 1.07 bits per heavy atom. The molecule has 2 aromatic rings. The van der Waals surface area contributed by atoms with Crippen LogP contribution in [0.5, 0.6) is 0 Å². The maximum absolute atomic E-state index is 12.7. The third-order valence-electron chi connectivity index (χ3n) is 3.80. The lowest BCUT2D eigenvalue weighted by molar-refractivity contribution is -0.192. The Balaban J connectivity index is 0.000000345. The number of nitrogens with two attached hydrogens (primary N) is 1. The second-order valence-corrected chi connectivity index (χ2v) is 7.51. The summed E-state index contributed by atoms with van der Waals surface area (Å²) < 4.78 is 58.4. The van der Waals surface area contributed by atoms with E-state index in [4.69, 9.17) is 15.6 Å². The Labute approximate surface area is 158 Å². The molecule has 0 unspecified atom stereocenters. The third-order valence-corrected chi connectivity index (χ3v) is 5.62. The van der Waals surface area contributed by atoms with Gasteiger partial charge in [-0.15, -0.1) is 0 Å². The summed E-state index contributed by atoms with van der Waals surface area (Å²) in [5, 5.41) is 7.12. The summed E-state index contributed by atoms with van der Waals surface area (Å²) in [5.41, 5.74) is 7.02. The van der Waals surface area contributed by atoms with E-state index in [9.17, 15) is 26.4 Å². The second kappa shape index (κ2) is 7.89. The van der Waals surface area contributed by atoms with E-state index in [-0.39, 0.29) is 4.90 Å². The van der Waals surface area contributed by atoms with E-state index >= 15 is 0 Å². The number of alkyl halides is 3. The molecule has 0 saturated carbocycles. The highest BCUT2D eigenvalue weighted by Gasteiger charge is 2.38. The van der Waals surface area contributed by atoms with Crippen LogP contribution in [0.25, 0.3) is 0 Å². The highest BCUT2D eigenvalue weighted by Crippen LogP contribution is 2.33. The van der Waals surface area contributed by atoms with E-state index in [1.54, 1.807) is 48.5 Å². The maximum atomic E-state index is 12.7. The van der Waals surface area contributed by atoms with Crippen molar-refractivity contribution in [3.05, 3.63) is 59.7 Å². The minimum atomic E-state index is -5.08. The lowest BCUT2D eigenvalue weighted by Gasteiger charge is -2.19. The van der Waals surface area contributed by atoms with Crippen molar-refractivity contribution >= 4 is 27.6 Å². The molecular formula is C17H15F3N2O5S. The Bertz CT molecular complexity index is 992. The topological polar surface area (TPSA) is 118 Å². The van der Waals surface area contributed by atoms with Gasteiger partial charge in [-0.3, -0.25) is 9.10 Å². The first-order valence-electron chi connectivity index (χ1n) is 7.75. The number of carboxylic acids is 1. The first-order valence-corrected chi connectivity index (χ1v) is 9.19. The highest BCUT2D eigenvalue weighted by atomic mass is 32.2. The number of amides is 1. The molecule has 1 amide bonds. The quantitative estimate of drug-likeness (QED) is 0.795. The van der Waals surface area contributed by atoms with Gasteiger partial charge >= 0.3 is 12.1 Å². The molecule has 150 valence electrons. The molecule has 0 fully saturated rings. The summed E-state index contributed by atoms with van der Waals surface area (Å²) in [5.74, 6) is -3.32. The van der Waals surface area contributed by atoms with Gasteiger partial charge in [0, 0.05) is 12.1 Å². The number of carboxylic acid groups (broad SMARTS) is 1. The lowest BCUT2D eigenvalue weighted by Crippen LogP contribution is -2.29. The summed E-state index contributed by atoms with van der Waals surface area (Å²) in [7, 11) is -3.61. The zero-order valence-corrected chi connectivity index (χ0v) is 15.0. The molecule has 0 radical (unpaired) electrons. The van der Waals surface area contributed by atoms with Gasteiger partial charge in [0.2, 0.25) is 5.91 Å². The zero-order valence-electron chi connectivity index (χ0n) is 14.2. The van der Waals surface area contributed by atoms with Crippen LogP contribution in [0.3, 0.4) is 0 Å². The Kier molecular flexibility index (Phi) is 5.98. The highest BCUT2D eigenvalue weighted by molar-refractivity contribution is 7.92. The predicted octanol–water partition coefficient (Wildman–Crippen LogP) is 2.17. The number of primary amides is 1. The van der Waals surface area contributed by atoms with Crippen LogP contribution in [0, 0.1) is 0 Å². The maximum Gasteiger partial charge on any atom is 0.490 e. The number of anilines is 1. The van der Waals surface area contributed by atoms with Crippen molar-refractivity contribution in [2.24, 2.45) is 5.73 Å². The molecule has 1 heterocycles. The van der Waals surface area contributed by atoms with Crippen LogP contribution in [0.15, 0.2) is 53.4 Å². The largest absolute Gasteiger partial charge is 0.490 e. The molecule has 28 heavy (non-hydrogen) atoms. The van der Waals surface area contributed by atoms with Gasteiger partial charge in [0.15, 0.2) is 0 Å². The number of halogens is 3. The van der Waals surface area contributed by atoms with Gasteiger partial charge in [0.05, 0.1) is 10.6 Å². The van der Waals surface area contributed by atoms with Gasteiger partial charge in [0.25, 0.3) is 10.0 Å². The van der Waals surface area contributed by atoms with Gasteiger partial charge in [-0.05, 0) is 36.2 Å². The number of hydrogen-bond donors (Lipinski definition) is 2. The molecule has 1 aliphatic heterocycles. The van der Waals surface area contributed by atoms with E-state index in [2.05, 4.69) is 0 Å². The normalized spacial score (nSPS) is 13.3. The van der Waals surface area contributed by atoms with Crippen LogP contribution in [-0.4, -0.2) is 38.1 Å². The molecule has 7 nitrogen and oxygen atoms in total. The average Bonchev–Trinajstić information content (AvgIpc) is 3.06. The van der Waals surface area contributed by atoms with Crippen LogP contribution in [-0.2, 0) is 21.2 Å². The summed E-state index contributed by atoms with van der Waals surface area (Å²) in [6.45, 7) is 0.370. The van der Waals surface area contributed by atoms with Crippen molar-refractivity contribution < 1.29 is 36.3 Å². The molecule has 0 aliphatic carbocycles. The van der Waals surface area contributed by atoms with Crippen LogP contribution in [0.1, 0.15) is 15.9 Å². The number of fused-ring (bicyclic) bond motifs is 1. The standard InChI is InChI=1S/C15H14N2O3S.C2HF3O2/c16-15(18)12-7-6-11-8-9-17(14(11)10-12)21(19,20)13-4-2-1-3-5-13;3-2(4,5)1(6)7/h1-7,10H,8-9H2,(H2,16,18);(H,6,7). The minimum absolute atomic E-state index is 0.238. The molecule has 2 aromatic carbocycles. The van der Waals surface area contributed by atoms with Crippen LogP contribution < -0.4 is 10.0 Å². The number of nitrogens with zero attached hydrogens (tertiary/aromatic N) is 1. The predicted molar refractivity (Wildman–Crippen MR) is 93.3 cm³/mol. The summed E-state index contributed by atoms with van der Waals surface area (Å²) in [6.07, 6.45) is -4.46. The minimum Gasteiger partial charge on any atom is -0.475 e. The smallest absolute Gasteiger partial charge is 0.475 e. The van der Waals surface area contributed by atoms with E-state index in [0.717, 1.165) is 5.56 Å². The SMILES string of the molecule is NC(=O)c1ccc2c(c1)N(S(=O)(=O)c1ccccc1)CC2.O=C(O)C(F)(F)F. The first kappa shape index (κ1) is 21.2. The number of benzene rings is 2. The number of carbonyl (C=O) groups excluding carboxylic acids is 1. The van der Waals surface area contributed by atoms with Crippen LogP contribution >= 0.6 is 0 Å². The van der Waals surface area contributed by atoms with Crippen molar-refractivity contribution in [3.8, 4) is 0 Å². The Hall–Kier alpha value is -3.08. The molecule has 0 bridgehead atoms. The van der Waals surface area contributed by atoms with Gasteiger partial charge in [-0.25, -0.2) is 13.2 Å². The summed E-state index contributed by atoms with van der Waals surface area (Å²) in [4.78, 5) is 20.4. The molecule has 1 aliphatic rings. The summed E-state index contributed by atoms with van der Waals surface area (Å²) >= 11 is 0. The molecule has 0 spiro atoms. The van der Waals surface area contributed by atoms with E-state index in [1.165, 1.54) is 4.31 Å². The van der Waals surface area contributed by atoms with Crippen LogP contribution in [0.4, 0.5) is 18.9 Å². The monoisotopic (exact) mass is 416 g/mol. The number of rotatable bonds is 3. The second-order valence-electron chi connectivity index (χ2n) is 5.65.